The van der Waals surface area contributed by atoms with Gasteiger partial charge in [-0.2, -0.15) is 11.8 Å². The van der Waals surface area contributed by atoms with Gasteiger partial charge < -0.3 is 15.5 Å². The number of nitrogen functional groups attached to an aromatic ring is 1. The number of hydrogen-bond acceptors (Lipinski definition) is 7. The number of aromatic nitrogens is 2. The Morgan fingerprint density at radius 1 is 1.40 bits per heavy atom. The maximum atomic E-state index is 5.45. The van der Waals surface area contributed by atoms with Crippen LogP contribution in [0.15, 0.2) is 6.07 Å². The predicted octanol–water partition coefficient (Wildman–Crippen LogP) is 2.00. The van der Waals surface area contributed by atoms with E-state index in [1.165, 1.54) is 19.3 Å². The summed E-state index contributed by atoms with van der Waals surface area (Å²) in [6.45, 7) is 3.91. The molecule has 20 heavy (non-hydrogen) atoms. The van der Waals surface area contributed by atoms with Crippen molar-refractivity contribution in [2.75, 3.05) is 30.1 Å². The normalized spacial score (nSPS) is 16.6. The summed E-state index contributed by atoms with van der Waals surface area (Å²) in [5.74, 6) is 7.48. The zero-order valence-corrected chi connectivity index (χ0v) is 12.9. The molecule has 1 fully saturated rings. The van der Waals surface area contributed by atoms with E-state index >= 15 is 0 Å². The van der Waals surface area contributed by atoms with Crippen molar-refractivity contribution in [3.8, 4) is 0 Å². The first-order chi connectivity index (χ1) is 9.71. The highest BCUT2D eigenvalue weighted by molar-refractivity contribution is 8.00. The molecular weight excluding hydrogens is 274 g/mol. The molecule has 0 aromatic carbocycles. The van der Waals surface area contributed by atoms with Crippen LogP contribution < -0.4 is 16.6 Å². The molecule has 1 aliphatic rings. The average molecular weight is 297 g/mol. The number of hydrogen-bond donors (Lipinski definition) is 3. The van der Waals surface area contributed by atoms with Crippen LogP contribution in [0.4, 0.5) is 11.6 Å². The third-order valence-corrected chi connectivity index (χ3v) is 5.06. The van der Waals surface area contributed by atoms with Crippen molar-refractivity contribution in [1.82, 2.24) is 9.97 Å². The summed E-state index contributed by atoms with van der Waals surface area (Å²) in [5.41, 5.74) is 2.57. The lowest BCUT2D eigenvalue weighted by atomic mass is 9.84. The second kappa shape index (κ2) is 7.10. The van der Waals surface area contributed by atoms with Gasteiger partial charge in [0.1, 0.15) is 18.2 Å². The number of thioether (sulfide) groups is 1. The highest BCUT2D eigenvalue weighted by Crippen LogP contribution is 2.42. The fraction of sp³-hybridized carbons (Fsp3) is 0.692. The molecule has 1 aromatic heterocycles. The molecule has 112 valence electrons. The Labute approximate surface area is 124 Å². The van der Waals surface area contributed by atoms with Crippen LogP contribution in [0.5, 0.6) is 0 Å². The van der Waals surface area contributed by atoms with E-state index in [9.17, 15) is 0 Å². The van der Waals surface area contributed by atoms with E-state index in [0.717, 1.165) is 12.4 Å². The summed E-state index contributed by atoms with van der Waals surface area (Å²) in [6, 6.07) is 1.82. The van der Waals surface area contributed by atoms with Crippen LogP contribution in [0.3, 0.4) is 0 Å². The van der Waals surface area contributed by atoms with Gasteiger partial charge in [-0.05, 0) is 26.0 Å². The fourth-order valence-electron chi connectivity index (χ4n) is 2.20. The van der Waals surface area contributed by atoms with Crippen molar-refractivity contribution in [2.24, 2.45) is 5.84 Å². The van der Waals surface area contributed by atoms with E-state index < -0.39 is 0 Å². The number of nitrogens with two attached hydrogens (primary N) is 1. The van der Waals surface area contributed by atoms with Crippen molar-refractivity contribution in [3.05, 3.63) is 11.9 Å². The molecule has 2 rings (SSSR count). The Morgan fingerprint density at radius 3 is 2.70 bits per heavy atom. The molecule has 0 spiro atoms. The van der Waals surface area contributed by atoms with Crippen molar-refractivity contribution >= 4 is 23.4 Å². The minimum Gasteiger partial charge on any atom is -0.374 e. The smallest absolute Gasteiger partial charge is 0.158 e. The lowest BCUT2D eigenvalue weighted by Gasteiger charge is -2.40. The topological polar surface area (TPSA) is 85.1 Å². The minimum atomic E-state index is 0.362. The minimum absolute atomic E-state index is 0.362. The first-order valence-electron chi connectivity index (χ1n) is 6.93. The maximum absolute atomic E-state index is 5.45. The van der Waals surface area contributed by atoms with Crippen LogP contribution in [0.1, 0.15) is 32.0 Å². The number of nitrogens with one attached hydrogen (secondary N) is 2. The molecule has 0 aliphatic heterocycles. The van der Waals surface area contributed by atoms with Gasteiger partial charge in [-0.3, -0.25) is 0 Å². The number of hydrazine groups is 1. The molecule has 1 saturated carbocycles. The van der Waals surface area contributed by atoms with Crippen LogP contribution in [-0.4, -0.2) is 34.1 Å². The number of nitrogens with zero attached hydrogens (tertiary/aromatic N) is 2. The Kier molecular flexibility index (Phi) is 5.45. The molecule has 0 unspecified atom stereocenters. The molecule has 7 heteroatoms. The molecule has 1 heterocycles. The zero-order chi connectivity index (χ0) is 14.4. The first kappa shape index (κ1) is 15.3. The van der Waals surface area contributed by atoms with Gasteiger partial charge in [-0.15, -0.1) is 0 Å². The van der Waals surface area contributed by atoms with Gasteiger partial charge in [-0.1, -0.05) is 6.42 Å². The van der Waals surface area contributed by atoms with Crippen LogP contribution in [-0.2, 0) is 11.3 Å². The van der Waals surface area contributed by atoms with Crippen LogP contribution >= 0.6 is 11.8 Å². The summed E-state index contributed by atoms with van der Waals surface area (Å²) in [7, 11) is 0. The SMILES string of the molecule is CCOCc1nc(NN)cc(NCC2(SC)CCC2)n1. The lowest BCUT2D eigenvalue weighted by Crippen LogP contribution is -2.40. The third kappa shape index (κ3) is 3.74. The van der Waals surface area contributed by atoms with E-state index in [1.54, 1.807) is 0 Å². The quantitative estimate of drug-likeness (QED) is 0.500. The standard InChI is InChI=1S/C13H23N5OS/c1-3-19-8-12-16-10(7-11(17-12)18-14)15-9-13(20-2)5-4-6-13/h7H,3-6,8-9,14H2,1-2H3,(H2,15,16,17,18). The lowest BCUT2D eigenvalue weighted by molar-refractivity contribution is 0.128. The van der Waals surface area contributed by atoms with Crippen LogP contribution in [0.2, 0.25) is 0 Å². The number of anilines is 2. The predicted molar refractivity (Wildman–Crippen MR) is 83.8 cm³/mol. The van der Waals surface area contributed by atoms with E-state index in [1.807, 2.05) is 24.8 Å². The average Bonchev–Trinajstić information content (AvgIpc) is 2.44. The molecule has 1 aliphatic carbocycles. The monoisotopic (exact) mass is 297 g/mol. The molecule has 0 atom stereocenters. The zero-order valence-electron chi connectivity index (χ0n) is 12.1. The molecule has 0 saturated heterocycles. The van der Waals surface area contributed by atoms with Gasteiger partial charge in [0.05, 0.1) is 0 Å². The molecule has 0 amide bonds. The molecule has 6 nitrogen and oxygen atoms in total. The largest absolute Gasteiger partial charge is 0.374 e. The van der Waals surface area contributed by atoms with Gasteiger partial charge in [0, 0.05) is 24.0 Å². The maximum Gasteiger partial charge on any atom is 0.158 e. The van der Waals surface area contributed by atoms with Gasteiger partial charge >= 0.3 is 0 Å². The van der Waals surface area contributed by atoms with Crippen LogP contribution in [0.25, 0.3) is 0 Å². The molecule has 0 radical (unpaired) electrons. The summed E-state index contributed by atoms with van der Waals surface area (Å²) >= 11 is 1.94. The summed E-state index contributed by atoms with van der Waals surface area (Å²) in [4.78, 5) is 8.73. The van der Waals surface area contributed by atoms with E-state index in [4.69, 9.17) is 10.6 Å². The van der Waals surface area contributed by atoms with Gasteiger partial charge in [0.2, 0.25) is 0 Å². The van der Waals surface area contributed by atoms with Crippen molar-refractivity contribution in [2.45, 2.75) is 37.5 Å². The third-order valence-electron chi connectivity index (χ3n) is 3.65. The van der Waals surface area contributed by atoms with Crippen molar-refractivity contribution in [3.63, 3.8) is 0 Å². The summed E-state index contributed by atoms with van der Waals surface area (Å²) in [5, 5.41) is 3.41. The fourth-order valence-corrected chi connectivity index (χ4v) is 3.11. The Bertz CT molecular complexity index is 433. The van der Waals surface area contributed by atoms with Gasteiger partial charge in [0.15, 0.2) is 5.82 Å². The number of rotatable bonds is 8. The second-order valence-electron chi connectivity index (χ2n) is 4.93. The van der Waals surface area contributed by atoms with E-state index in [-0.39, 0.29) is 0 Å². The second-order valence-corrected chi connectivity index (χ2v) is 6.20. The van der Waals surface area contributed by atoms with Crippen molar-refractivity contribution in [1.29, 1.82) is 0 Å². The Balaban J connectivity index is 2.02. The van der Waals surface area contributed by atoms with Crippen LogP contribution in [0, 0.1) is 0 Å². The van der Waals surface area contributed by atoms with E-state index in [0.29, 0.717) is 29.6 Å². The Morgan fingerprint density at radius 2 is 2.15 bits per heavy atom. The summed E-state index contributed by atoms with van der Waals surface area (Å²) < 4.78 is 5.71. The molecule has 4 N–H and O–H groups in total. The molecule has 1 aromatic rings. The van der Waals surface area contributed by atoms with Crippen molar-refractivity contribution < 1.29 is 4.74 Å². The molecule has 0 bridgehead atoms. The van der Waals surface area contributed by atoms with Gasteiger partial charge in [-0.25, -0.2) is 15.8 Å². The Hall–Kier alpha value is -1.05. The van der Waals surface area contributed by atoms with Gasteiger partial charge in [0.25, 0.3) is 0 Å². The number of ether oxygens (including phenoxy) is 1. The molecular formula is C13H23N5OS. The highest BCUT2D eigenvalue weighted by atomic mass is 32.2. The first-order valence-corrected chi connectivity index (χ1v) is 8.15. The van der Waals surface area contributed by atoms with E-state index in [2.05, 4.69) is 27.0 Å². The summed E-state index contributed by atoms with van der Waals surface area (Å²) in [6.07, 6.45) is 6.02. The highest BCUT2D eigenvalue weighted by Gasteiger charge is 2.35.